The van der Waals surface area contributed by atoms with E-state index >= 15 is 0 Å². The average Bonchev–Trinajstić information content (AvgIpc) is 2.95. The van der Waals surface area contributed by atoms with Crippen molar-refractivity contribution in [2.45, 2.75) is 24.3 Å². The van der Waals surface area contributed by atoms with E-state index in [4.69, 9.17) is 0 Å². The van der Waals surface area contributed by atoms with Crippen LogP contribution in [0.2, 0.25) is 0 Å². The molecule has 0 saturated heterocycles. The van der Waals surface area contributed by atoms with Crippen LogP contribution in [0.3, 0.4) is 0 Å². The first-order valence-corrected chi connectivity index (χ1v) is 8.93. The molecule has 23 heavy (non-hydrogen) atoms. The highest BCUT2D eigenvalue weighted by Gasteiger charge is 2.24. The summed E-state index contributed by atoms with van der Waals surface area (Å²) in [5.74, 6) is 0.200. The van der Waals surface area contributed by atoms with Crippen molar-refractivity contribution in [3.05, 3.63) is 46.6 Å². The Morgan fingerprint density at radius 3 is 2.87 bits per heavy atom. The number of carbonyl (C=O) groups is 2. The zero-order valence-electron chi connectivity index (χ0n) is 12.4. The first-order valence-electron chi connectivity index (χ1n) is 7.13. The van der Waals surface area contributed by atoms with Crippen molar-refractivity contribution in [3.63, 3.8) is 0 Å². The van der Waals surface area contributed by atoms with Crippen LogP contribution in [0.15, 0.2) is 35.2 Å². The second kappa shape index (κ2) is 6.72. The maximum Gasteiger partial charge on any atom is 0.261 e. The minimum absolute atomic E-state index is 0.174. The van der Waals surface area contributed by atoms with Gasteiger partial charge in [-0.2, -0.15) is 0 Å². The molecule has 0 aliphatic carbocycles. The summed E-state index contributed by atoms with van der Waals surface area (Å²) in [6, 6.07) is 7.87. The third-order valence-electron chi connectivity index (χ3n) is 3.45. The van der Waals surface area contributed by atoms with Crippen molar-refractivity contribution < 1.29 is 14.0 Å². The van der Waals surface area contributed by atoms with Crippen molar-refractivity contribution in [3.8, 4) is 0 Å². The molecule has 0 saturated carbocycles. The quantitative estimate of drug-likeness (QED) is 0.885. The largest absolute Gasteiger partial charge is 0.344 e. The number of halogens is 1. The molecule has 120 valence electrons. The van der Waals surface area contributed by atoms with Gasteiger partial charge in [-0.25, -0.2) is 4.39 Å². The molecule has 7 heteroatoms. The van der Waals surface area contributed by atoms with Crippen LogP contribution < -0.4 is 10.6 Å². The zero-order valence-corrected chi connectivity index (χ0v) is 14.0. The number of nitrogens with one attached hydrogen (secondary N) is 2. The second-order valence-electron chi connectivity index (χ2n) is 5.19. The molecular formula is C16H15FN2O2S2. The van der Waals surface area contributed by atoms with Crippen molar-refractivity contribution >= 4 is 39.9 Å². The van der Waals surface area contributed by atoms with E-state index in [2.05, 4.69) is 10.6 Å². The lowest BCUT2D eigenvalue weighted by Crippen LogP contribution is -2.30. The SMILES string of the molecule is CC(=O)Nc1ccc(C(=O)N[C@@H]2CCSc3ccc(F)cc32)s1. The van der Waals surface area contributed by atoms with Crippen LogP contribution in [0.5, 0.6) is 0 Å². The fourth-order valence-electron chi connectivity index (χ4n) is 2.45. The van der Waals surface area contributed by atoms with Gasteiger partial charge in [0.25, 0.3) is 5.91 Å². The van der Waals surface area contributed by atoms with Gasteiger partial charge in [-0.15, -0.1) is 23.1 Å². The summed E-state index contributed by atoms with van der Waals surface area (Å²) in [5.41, 5.74) is 0.827. The van der Waals surface area contributed by atoms with Gasteiger partial charge >= 0.3 is 0 Å². The van der Waals surface area contributed by atoms with Gasteiger partial charge in [0.1, 0.15) is 5.82 Å². The maximum atomic E-state index is 13.5. The monoisotopic (exact) mass is 350 g/mol. The first kappa shape index (κ1) is 16.0. The van der Waals surface area contributed by atoms with Crippen LogP contribution in [0.4, 0.5) is 9.39 Å². The lowest BCUT2D eigenvalue weighted by Gasteiger charge is -2.25. The fourth-order valence-corrected chi connectivity index (χ4v) is 4.41. The number of benzene rings is 1. The number of thiophene rings is 1. The van der Waals surface area contributed by atoms with Crippen LogP contribution in [-0.4, -0.2) is 17.6 Å². The number of rotatable bonds is 3. The van der Waals surface area contributed by atoms with Gasteiger partial charge in [-0.05, 0) is 42.3 Å². The highest BCUT2D eigenvalue weighted by Crippen LogP contribution is 2.36. The molecule has 1 aliphatic heterocycles. The average molecular weight is 350 g/mol. The first-order chi connectivity index (χ1) is 11.0. The van der Waals surface area contributed by atoms with Gasteiger partial charge < -0.3 is 10.6 Å². The third-order valence-corrected chi connectivity index (χ3v) is 5.57. The zero-order chi connectivity index (χ0) is 16.4. The minimum Gasteiger partial charge on any atom is -0.344 e. The number of hydrogen-bond donors (Lipinski definition) is 2. The second-order valence-corrected chi connectivity index (χ2v) is 7.41. The van der Waals surface area contributed by atoms with E-state index in [1.54, 1.807) is 30.0 Å². The van der Waals surface area contributed by atoms with E-state index in [0.717, 1.165) is 22.6 Å². The molecule has 3 rings (SSSR count). The summed E-state index contributed by atoms with van der Waals surface area (Å²) in [6.07, 6.45) is 0.761. The Labute approximate surface area is 141 Å². The molecule has 4 nitrogen and oxygen atoms in total. The molecule has 0 bridgehead atoms. The number of amides is 2. The molecule has 0 spiro atoms. The van der Waals surface area contributed by atoms with Crippen LogP contribution in [-0.2, 0) is 4.79 Å². The highest BCUT2D eigenvalue weighted by molar-refractivity contribution is 7.99. The smallest absolute Gasteiger partial charge is 0.261 e. The Morgan fingerprint density at radius 2 is 2.09 bits per heavy atom. The highest BCUT2D eigenvalue weighted by atomic mass is 32.2. The molecular weight excluding hydrogens is 335 g/mol. The molecule has 0 fully saturated rings. The number of anilines is 1. The van der Waals surface area contributed by atoms with Gasteiger partial charge in [0, 0.05) is 17.6 Å². The van der Waals surface area contributed by atoms with Gasteiger partial charge in [0.2, 0.25) is 5.91 Å². The standard InChI is InChI=1S/C16H15FN2O2S2/c1-9(20)18-15-5-4-14(23-15)16(21)19-12-6-7-22-13-3-2-10(17)8-11(12)13/h2-5,8,12H,6-7H2,1H3,(H,18,20)(H,19,21)/t12-/m1/s1. The maximum absolute atomic E-state index is 13.5. The van der Waals surface area contributed by atoms with Crippen molar-refractivity contribution in [2.24, 2.45) is 0 Å². The van der Waals surface area contributed by atoms with E-state index in [9.17, 15) is 14.0 Å². The normalized spacial score (nSPS) is 16.5. The van der Waals surface area contributed by atoms with Crippen molar-refractivity contribution in [2.75, 3.05) is 11.1 Å². The van der Waals surface area contributed by atoms with E-state index < -0.39 is 0 Å². The summed E-state index contributed by atoms with van der Waals surface area (Å²) in [6.45, 7) is 1.42. The van der Waals surface area contributed by atoms with Crippen LogP contribution >= 0.6 is 23.1 Å². The molecule has 1 aliphatic rings. The summed E-state index contributed by atoms with van der Waals surface area (Å²) in [5, 5.41) is 6.25. The molecule has 2 aromatic rings. The Bertz CT molecular complexity index is 760. The molecule has 0 radical (unpaired) electrons. The summed E-state index contributed by atoms with van der Waals surface area (Å²) < 4.78 is 13.5. The van der Waals surface area contributed by atoms with E-state index in [1.807, 2.05) is 0 Å². The van der Waals surface area contributed by atoms with Crippen molar-refractivity contribution in [1.82, 2.24) is 5.32 Å². The van der Waals surface area contributed by atoms with Gasteiger partial charge in [0.05, 0.1) is 15.9 Å². The Balaban J connectivity index is 1.75. The summed E-state index contributed by atoms with van der Waals surface area (Å²) in [4.78, 5) is 25.0. The minimum atomic E-state index is -0.297. The molecule has 2 heterocycles. The fraction of sp³-hybridized carbons (Fsp3) is 0.250. The molecule has 2 amide bonds. The van der Waals surface area contributed by atoms with Crippen LogP contribution in [0.25, 0.3) is 0 Å². The van der Waals surface area contributed by atoms with E-state index in [0.29, 0.717) is 9.88 Å². The Kier molecular flexibility index (Phi) is 4.68. The topological polar surface area (TPSA) is 58.2 Å². The number of hydrogen-bond acceptors (Lipinski definition) is 4. The van der Waals surface area contributed by atoms with Crippen LogP contribution in [0, 0.1) is 5.82 Å². The lowest BCUT2D eigenvalue weighted by molar-refractivity contribution is -0.114. The number of carbonyl (C=O) groups excluding carboxylic acids is 2. The number of thioether (sulfide) groups is 1. The van der Waals surface area contributed by atoms with Crippen molar-refractivity contribution in [1.29, 1.82) is 0 Å². The molecule has 1 atom stereocenters. The number of fused-ring (bicyclic) bond motifs is 1. The molecule has 1 aromatic heterocycles. The molecule has 0 unspecified atom stereocenters. The molecule has 1 aromatic carbocycles. The predicted octanol–water partition coefficient (Wildman–Crippen LogP) is 3.81. The van der Waals surface area contributed by atoms with Crippen LogP contribution in [0.1, 0.15) is 34.6 Å². The Hall–Kier alpha value is -1.86. The van der Waals surface area contributed by atoms with Gasteiger partial charge in [0.15, 0.2) is 0 Å². The lowest BCUT2D eigenvalue weighted by atomic mass is 10.0. The molecule has 2 N–H and O–H groups in total. The third kappa shape index (κ3) is 3.73. The van der Waals surface area contributed by atoms with E-state index in [1.165, 1.54) is 30.4 Å². The summed E-state index contributed by atoms with van der Waals surface area (Å²) in [7, 11) is 0. The van der Waals surface area contributed by atoms with Gasteiger partial charge in [-0.1, -0.05) is 0 Å². The van der Waals surface area contributed by atoms with Gasteiger partial charge in [-0.3, -0.25) is 9.59 Å². The predicted molar refractivity (Wildman–Crippen MR) is 90.6 cm³/mol. The Morgan fingerprint density at radius 1 is 1.26 bits per heavy atom. The summed E-state index contributed by atoms with van der Waals surface area (Å²) >= 11 is 2.89. The van der Waals surface area contributed by atoms with E-state index in [-0.39, 0.29) is 23.7 Å².